The molecule has 0 radical (unpaired) electrons. The smallest absolute Gasteiger partial charge is 0.257 e. The molecule has 1 aliphatic carbocycles. The minimum absolute atomic E-state index is 0.0504. The number of halogens is 1. The molecule has 1 heterocycles. The van der Waals surface area contributed by atoms with Crippen LogP contribution in [0.25, 0.3) is 0 Å². The highest BCUT2D eigenvalue weighted by Gasteiger charge is 2.31. The van der Waals surface area contributed by atoms with E-state index in [1.807, 2.05) is 32.0 Å². The molecule has 0 spiro atoms. The zero-order valence-electron chi connectivity index (χ0n) is 16.8. The second-order valence-electron chi connectivity index (χ2n) is 7.47. The van der Waals surface area contributed by atoms with Crippen molar-refractivity contribution in [2.45, 2.75) is 39.0 Å². The summed E-state index contributed by atoms with van der Waals surface area (Å²) in [6, 6.07) is 12.6. The van der Waals surface area contributed by atoms with Crippen molar-refractivity contribution in [2.75, 3.05) is 10.6 Å². The number of nitrogens with zero attached hydrogens (tertiary/aromatic N) is 1. The standard InChI is InChI=1S/C23H22ClN3O2S/c1-13-5-3-7-18(14(13)2)25-22(29)17-6-4-8-19-20(17)26-23(30-19)27-21(28)15-9-11-16(24)12-10-15/h3,5,7,9-12,17H,4,6,8H2,1-2H3,(H,25,29)(H,26,27,28). The second kappa shape index (κ2) is 8.58. The molecule has 1 aromatic heterocycles. The zero-order chi connectivity index (χ0) is 21.3. The summed E-state index contributed by atoms with van der Waals surface area (Å²) in [6.07, 6.45) is 2.54. The maximum absolute atomic E-state index is 13.0. The monoisotopic (exact) mass is 439 g/mol. The molecule has 1 aliphatic rings. The fourth-order valence-corrected chi connectivity index (χ4v) is 4.79. The molecule has 2 N–H and O–H groups in total. The van der Waals surface area contributed by atoms with Gasteiger partial charge in [-0.05, 0) is 74.6 Å². The predicted octanol–water partition coefficient (Wildman–Crippen LogP) is 5.72. The van der Waals surface area contributed by atoms with Gasteiger partial charge in [0.05, 0.1) is 11.6 Å². The molecule has 1 unspecified atom stereocenters. The fraction of sp³-hybridized carbons (Fsp3) is 0.261. The fourth-order valence-electron chi connectivity index (χ4n) is 3.60. The summed E-state index contributed by atoms with van der Waals surface area (Å²) >= 11 is 7.33. The van der Waals surface area contributed by atoms with E-state index in [9.17, 15) is 9.59 Å². The Kier molecular flexibility index (Phi) is 5.88. The normalized spacial score (nSPS) is 15.4. The number of nitrogens with one attached hydrogen (secondary N) is 2. The van der Waals surface area contributed by atoms with Gasteiger partial charge in [-0.25, -0.2) is 4.98 Å². The number of benzene rings is 2. The summed E-state index contributed by atoms with van der Waals surface area (Å²) in [6.45, 7) is 4.03. The van der Waals surface area contributed by atoms with Crippen molar-refractivity contribution >= 4 is 45.6 Å². The molecule has 4 rings (SSSR count). The minimum Gasteiger partial charge on any atom is -0.325 e. The molecule has 3 aromatic rings. The first-order chi connectivity index (χ1) is 14.4. The number of aryl methyl sites for hydroxylation is 2. The first-order valence-corrected chi connectivity index (χ1v) is 11.1. The number of rotatable bonds is 4. The summed E-state index contributed by atoms with van der Waals surface area (Å²) in [5, 5.41) is 7.02. The molecule has 154 valence electrons. The Morgan fingerprint density at radius 2 is 1.87 bits per heavy atom. The summed E-state index contributed by atoms with van der Waals surface area (Å²) in [5.41, 5.74) is 4.32. The second-order valence-corrected chi connectivity index (χ2v) is 8.99. The van der Waals surface area contributed by atoms with Crippen molar-refractivity contribution in [1.82, 2.24) is 4.98 Å². The van der Waals surface area contributed by atoms with E-state index >= 15 is 0 Å². The average Bonchev–Trinajstić information content (AvgIpc) is 3.14. The molecule has 2 aromatic carbocycles. The Bertz CT molecular complexity index is 1110. The van der Waals surface area contributed by atoms with Crippen molar-refractivity contribution in [3.8, 4) is 0 Å². The molecule has 5 nitrogen and oxygen atoms in total. The van der Waals surface area contributed by atoms with Gasteiger partial charge in [0, 0.05) is 21.2 Å². The molecule has 30 heavy (non-hydrogen) atoms. The molecule has 1 atom stereocenters. The molecule has 0 aliphatic heterocycles. The van der Waals surface area contributed by atoms with Crippen molar-refractivity contribution in [3.05, 3.63) is 74.7 Å². The van der Waals surface area contributed by atoms with Crippen LogP contribution in [0, 0.1) is 13.8 Å². The van der Waals surface area contributed by atoms with Crippen LogP contribution in [0.15, 0.2) is 42.5 Å². The number of carbonyl (C=O) groups is 2. The number of fused-ring (bicyclic) bond motifs is 1. The predicted molar refractivity (Wildman–Crippen MR) is 122 cm³/mol. The maximum Gasteiger partial charge on any atom is 0.257 e. The molecular weight excluding hydrogens is 418 g/mol. The van der Waals surface area contributed by atoms with Gasteiger partial charge < -0.3 is 5.32 Å². The minimum atomic E-state index is -0.314. The molecular formula is C23H22ClN3O2S. The summed E-state index contributed by atoms with van der Waals surface area (Å²) in [7, 11) is 0. The van der Waals surface area contributed by atoms with Gasteiger partial charge in [0.2, 0.25) is 5.91 Å². The first-order valence-electron chi connectivity index (χ1n) is 9.86. The van der Waals surface area contributed by atoms with Crippen molar-refractivity contribution in [3.63, 3.8) is 0 Å². The quantitative estimate of drug-likeness (QED) is 0.545. The maximum atomic E-state index is 13.0. The Labute approximate surface area is 184 Å². The largest absolute Gasteiger partial charge is 0.325 e. The van der Waals surface area contributed by atoms with Gasteiger partial charge in [0.15, 0.2) is 5.13 Å². The third-order valence-electron chi connectivity index (χ3n) is 5.46. The van der Waals surface area contributed by atoms with Gasteiger partial charge in [-0.3, -0.25) is 14.9 Å². The van der Waals surface area contributed by atoms with Crippen LogP contribution in [0.4, 0.5) is 10.8 Å². The SMILES string of the molecule is Cc1cccc(NC(=O)C2CCCc3sc(NC(=O)c4ccc(Cl)cc4)nc32)c1C. The molecule has 2 amide bonds. The number of hydrogen-bond donors (Lipinski definition) is 2. The third kappa shape index (κ3) is 4.25. The number of carbonyl (C=O) groups excluding carboxylic acids is 2. The molecule has 0 saturated carbocycles. The van der Waals surface area contributed by atoms with Crippen LogP contribution in [0.3, 0.4) is 0 Å². The van der Waals surface area contributed by atoms with Crippen molar-refractivity contribution in [1.29, 1.82) is 0 Å². The summed E-state index contributed by atoms with van der Waals surface area (Å²) in [5.74, 6) is -0.606. The summed E-state index contributed by atoms with van der Waals surface area (Å²) in [4.78, 5) is 31.2. The Hall–Kier alpha value is -2.70. The van der Waals surface area contributed by atoms with E-state index < -0.39 is 0 Å². The van der Waals surface area contributed by atoms with E-state index in [2.05, 4.69) is 15.6 Å². The number of thiazole rings is 1. The highest BCUT2D eigenvalue weighted by Crippen LogP contribution is 2.37. The Balaban J connectivity index is 1.52. The van der Waals surface area contributed by atoms with E-state index in [0.717, 1.165) is 46.6 Å². The van der Waals surface area contributed by atoms with Gasteiger partial charge in [0.25, 0.3) is 5.91 Å². The van der Waals surface area contributed by atoms with E-state index in [0.29, 0.717) is 15.7 Å². The van der Waals surface area contributed by atoms with Crippen molar-refractivity contribution in [2.24, 2.45) is 0 Å². The average molecular weight is 440 g/mol. The van der Waals surface area contributed by atoms with E-state index in [4.69, 9.17) is 11.6 Å². The van der Waals surface area contributed by atoms with Crippen LogP contribution in [0.1, 0.15) is 50.8 Å². The zero-order valence-corrected chi connectivity index (χ0v) is 18.4. The Morgan fingerprint density at radius 1 is 1.10 bits per heavy atom. The number of amides is 2. The first kappa shape index (κ1) is 20.6. The van der Waals surface area contributed by atoms with E-state index in [1.165, 1.54) is 11.3 Å². The lowest BCUT2D eigenvalue weighted by molar-refractivity contribution is -0.117. The van der Waals surface area contributed by atoms with Gasteiger partial charge in [-0.1, -0.05) is 23.7 Å². The van der Waals surface area contributed by atoms with Gasteiger partial charge >= 0.3 is 0 Å². The highest BCUT2D eigenvalue weighted by molar-refractivity contribution is 7.16. The molecule has 7 heteroatoms. The lowest BCUT2D eigenvalue weighted by atomic mass is 9.90. The highest BCUT2D eigenvalue weighted by atomic mass is 35.5. The van der Waals surface area contributed by atoms with Crippen LogP contribution in [-0.2, 0) is 11.2 Å². The van der Waals surface area contributed by atoms with Crippen LogP contribution >= 0.6 is 22.9 Å². The molecule has 0 saturated heterocycles. The number of hydrogen-bond acceptors (Lipinski definition) is 4. The van der Waals surface area contributed by atoms with Crippen LogP contribution in [0.5, 0.6) is 0 Å². The number of anilines is 2. The summed E-state index contributed by atoms with van der Waals surface area (Å²) < 4.78 is 0. The lowest BCUT2D eigenvalue weighted by Crippen LogP contribution is -2.25. The van der Waals surface area contributed by atoms with Crippen molar-refractivity contribution < 1.29 is 9.59 Å². The third-order valence-corrected chi connectivity index (χ3v) is 6.76. The molecule has 0 bridgehead atoms. The van der Waals surface area contributed by atoms with Crippen LogP contribution in [0.2, 0.25) is 5.02 Å². The van der Waals surface area contributed by atoms with Crippen LogP contribution < -0.4 is 10.6 Å². The molecule has 0 fully saturated rings. The van der Waals surface area contributed by atoms with Gasteiger partial charge in [0.1, 0.15) is 0 Å². The topological polar surface area (TPSA) is 71.1 Å². The van der Waals surface area contributed by atoms with Gasteiger partial charge in [-0.15, -0.1) is 11.3 Å². The van der Waals surface area contributed by atoms with E-state index in [1.54, 1.807) is 24.3 Å². The Morgan fingerprint density at radius 3 is 2.63 bits per heavy atom. The van der Waals surface area contributed by atoms with E-state index in [-0.39, 0.29) is 17.7 Å². The number of aromatic nitrogens is 1. The lowest BCUT2D eigenvalue weighted by Gasteiger charge is -2.21. The van der Waals surface area contributed by atoms with Crippen LogP contribution in [-0.4, -0.2) is 16.8 Å². The van der Waals surface area contributed by atoms with Gasteiger partial charge in [-0.2, -0.15) is 0 Å².